The van der Waals surface area contributed by atoms with Gasteiger partial charge in [-0.3, -0.25) is 9.59 Å². The Labute approximate surface area is 243 Å². The van der Waals surface area contributed by atoms with Crippen molar-refractivity contribution in [3.63, 3.8) is 0 Å². The molecule has 0 saturated carbocycles. The topological polar surface area (TPSA) is 117 Å². The minimum atomic E-state index is -1.09. The Bertz CT molecular complexity index is 1390. The molecule has 0 bridgehead atoms. The summed E-state index contributed by atoms with van der Waals surface area (Å²) in [5.74, 6) is -0.117. The number of urea groups is 1. The second-order valence-electron chi connectivity index (χ2n) is 10.1. The van der Waals surface area contributed by atoms with Crippen LogP contribution in [0.2, 0.25) is 0 Å². The largest absolute Gasteiger partial charge is 0.342 e. The number of thioether (sulfide) groups is 2. The molecule has 0 spiro atoms. The number of amides is 4. The van der Waals surface area contributed by atoms with Gasteiger partial charge in [0.05, 0.1) is 17.8 Å². The van der Waals surface area contributed by atoms with Gasteiger partial charge in [0, 0.05) is 29.1 Å². The number of carbonyl (C=O) groups is 3. The molecule has 40 heavy (non-hydrogen) atoms. The standard InChI is InChI=1S/C30H35N5O3S2/c1-30(2,31)28(37)34-24-18-40-26-15-22(39-4)13-14-25(26)35(27(24)36)17-19-9-11-20(12-10-19)23-8-6-5-7-21(23)16-33-29(38)32-3/h5-15,24H,16-18,31H2,1-4H3,(H,34,37)(H2,32,33,38)/t24-/m1/s1. The van der Waals surface area contributed by atoms with Crippen LogP contribution in [-0.2, 0) is 22.7 Å². The van der Waals surface area contributed by atoms with Crippen LogP contribution in [0.4, 0.5) is 10.5 Å². The molecule has 4 rings (SSSR count). The normalized spacial score (nSPS) is 15.2. The third-order valence-corrected chi connectivity index (χ3v) is 8.47. The molecule has 5 N–H and O–H groups in total. The smallest absolute Gasteiger partial charge is 0.314 e. The highest BCUT2D eigenvalue weighted by Crippen LogP contribution is 2.38. The molecule has 8 nitrogen and oxygen atoms in total. The van der Waals surface area contributed by atoms with E-state index in [1.165, 1.54) is 0 Å². The molecule has 1 atom stereocenters. The van der Waals surface area contributed by atoms with Gasteiger partial charge in [0.25, 0.3) is 5.91 Å². The fourth-order valence-corrected chi connectivity index (χ4v) is 5.94. The fourth-order valence-electron chi connectivity index (χ4n) is 4.31. The number of rotatable bonds is 8. The SMILES string of the molecule is CNC(=O)NCc1ccccc1-c1ccc(CN2C(=O)[C@H](NC(=O)C(C)(C)N)CSc3cc(SC)ccc32)cc1. The molecule has 0 unspecified atom stereocenters. The number of hydrogen-bond donors (Lipinski definition) is 4. The molecule has 210 valence electrons. The monoisotopic (exact) mass is 577 g/mol. The van der Waals surface area contributed by atoms with E-state index in [9.17, 15) is 14.4 Å². The molecule has 3 aromatic rings. The number of nitrogens with one attached hydrogen (secondary N) is 3. The zero-order valence-electron chi connectivity index (χ0n) is 23.1. The van der Waals surface area contributed by atoms with E-state index in [1.54, 1.807) is 49.3 Å². The molecule has 10 heteroatoms. The second kappa shape index (κ2) is 12.8. The number of fused-ring (bicyclic) bond motifs is 1. The van der Waals surface area contributed by atoms with Crippen molar-refractivity contribution in [3.05, 3.63) is 77.9 Å². The third kappa shape index (κ3) is 6.99. The van der Waals surface area contributed by atoms with Crippen molar-refractivity contribution in [1.82, 2.24) is 16.0 Å². The lowest BCUT2D eigenvalue weighted by atomic mass is 9.98. The Morgan fingerprint density at radius 1 is 1.10 bits per heavy atom. The first-order valence-electron chi connectivity index (χ1n) is 13.0. The molecule has 4 amide bonds. The van der Waals surface area contributed by atoms with E-state index in [4.69, 9.17) is 5.73 Å². The summed E-state index contributed by atoms with van der Waals surface area (Å²) in [6.45, 7) is 4.01. The molecule has 3 aromatic carbocycles. The van der Waals surface area contributed by atoms with Crippen LogP contribution in [0.3, 0.4) is 0 Å². The van der Waals surface area contributed by atoms with E-state index in [0.717, 1.165) is 37.7 Å². The van der Waals surface area contributed by atoms with E-state index in [-0.39, 0.29) is 17.8 Å². The predicted octanol–water partition coefficient (Wildman–Crippen LogP) is 4.37. The number of carbonyl (C=O) groups excluding carboxylic acids is 3. The number of anilines is 1. The summed E-state index contributed by atoms with van der Waals surface area (Å²) in [7, 11) is 1.59. The Morgan fingerprint density at radius 3 is 2.50 bits per heavy atom. The maximum atomic E-state index is 13.8. The summed E-state index contributed by atoms with van der Waals surface area (Å²) in [4.78, 5) is 42.1. The summed E-state index contributed by atoms with van der Waals surface area (Å²) >= 11 is 3.21. The lowest BCUT2D eigenvalue weighted by Gasteiger charge is -2.28. The van der Waals surface area contributed by atoms with Crippen LogP contribution >= 0.6 is 23.5 Å². The number of nitrogens with two attached hydrogens (primary N) is 1. The van der Waals surface area contributed by atoms with Crippen LogP contribution in [0.25, 0.3) is 11.1 Å². The molecular weight excluding hydrogens is 542 g/mol. The zero-order chi connectivity index (χ0) is 28.9. The average molecular weight is 578 g/mol. The molecule has 0 aromatic heterocycles. The van der Waals surface area contributed by atoms with Gasteiger partial charge in [-0.15, -0.1) is 23.5 Å². The summed E-state index contributed by atoms with van der Waals surface area (Å²) < 4.78 is 0. The van der Waals surface area contributed by atoms with Crippen LogP contribution in [-0.4, -0.2) is 48.5 Å². The number of nitrogens with zero attached hydrogens (tertiary/aromatic N) is 1. The molecule has 1 aliphatic rings. The van der Waals surface area contributed by atoms with Crippen LogP contribution in [0.5, 0.6) is 0 Å². The Kier molecular flexibility index (Phi) is 9.44. The highest BCUT2D eigenvalue weighted by molar-refractivity contribution is 8.00. The quantitative estimate of drug-likeness (QED) is 0.296. The zero-order valence-corrected chi connectivity index (χ0v) is 24.7. The van der Waals surface area contributed by atoms with Gasteiger partial charge in [-0.25, -0.2) is 4.79 Å². The van der Waals surface area contributed by atoms with Crippen molar-refractivity contribution < 1.29 is 14.4 Å². The van der Waals surface area contributed by atoms with E-state index in [0.29, 0.717) is 18.8 Å². The van der Waals surface area contributed by atoms with Crippen molar-refractivity contribution in [2.45, 2.75) is 48.3 Å². The van der Waals surface area contributed by atoms with Crippen molar-refractivity contribution in [2.75, 3.05) is 24.0 Å². The van der Waals surface area contributed by atoms with Gasteiger partial charge in [-0.2, -0.15) is 0 Å². The first kappa shape index (κ1) is 29.5. The van der Waals surface area contributed by atoms with Crippen LogP contribution in [0, 0.1) is 0 Å². The first-order chi connectivity index (χ1) is 19.1. The van der Waals surface area contributed by atoms with E-state index >= 15 is 0 Å². The highest BCUT2D eigenvalue weighted by Gasteiger charge is 2.34. The molecule has 0 radical (unpaired) electrons. The number of benzene rings is 3. The summed E-state index contributed by atoms with van der Waals surface area (Å²) in [6, 6.07) is 21.1. The molecule has 0 fully saturated rings. The molecule has 1 heterocycles. The number of hydrogen-bond acceptors (Lipinski definition) is 6. The second-order valence-corrected chi connectivity index (χ2v) is 12.0. The third-order valence-electron chi connectivity index (χ3n) is 6.61. The summed E-state index contributed by atoms with van der Waals surface area (Å²) in [5, 5.41) is 8.29. The molecular formula is C30H35N5O3S2. The van der Waals surface area contributed by atoms with Gasteiger partial charge in [0.1, 0.15) is 6.04 Å². The van der Waals surface area contributed by atoms with E-state index in [2.05, 4.69) is 22.0 Å². The van der Waals surface area contributed by atoms with Gasteiger partial charge in [-0.1, -0.05) is 48.5 Å². The van der Waals surface area contributed by atoms with Crippen LogP contribution in [0.1, 0.15) is 25.0 Å². The molecule has 0 saturated heterocycles. The predicted molar refractivity (Wildman–Crippen MR) is 164 cm³/mol. The lowest BCUT2D eigenvalue weighted by molar-refractivity contribution is -0.129. The fraction of sp³-hybridized carbons (Fsp3) is 0.300. The van der Waals surface area contributed by atoms with E-state index < -0.39 is 11.6 Å². The van der Waals surface area contributed by atoms with Gasteiger partial charge >= 0.3 is 6.03 Å². The Morgan fingerprint density at radius 2 is 1.82 bits per heavy atom. The lowest BCUT2D eigenvalue weighted by Crippen LogP contribution is -2.56. The van der Waals surface area contributed by atoms with Crippen molar-refractivity contribution >= 4 is 47.1 Å². The average Bonchev–Trinajstić information content (AvgIpc) is 3.07. The van der Waals surface area contributed by atoms with Gasteiger partial charge < -0.3 is 26.6 Å². The minimum Gasteiger partial charge on any atom is -0.342 e. The van der Waals surface area contributed by atoms with Crippen LogP contribution in [0.15, 0.2) is 76.5 Å². The minimum absolute atomic E-state index is 0.171. The van der Waals surface area contributed by atoms with Crippen molar-refractivity contribution in [2.24, 2.45) is 5.73 Å². The van der Waals surface area contributed by atoms with Gasteiger partial charge in [0.2, 0.25) is 5.91 Å². The maximum absolute atomic E-state index is 13.8. The molecule has 0 aliphatic carbocycles. The van der Waals surface area contributed by atoms with Crippen molar-refractivity contribution in [1.29, 1.82) is 0 Å². The Balaban J connectivity index is 1.61. The van der Waals surface area contributed by atoms with E-state index in [1.807, 2.05) is 66.9 Å². The summed E-state index contributed by atoms with van der Waals surface area (Å²) in [5.41, 5.74) is 9.72. The summed E-state index contributed by atoms with van der Waals surface area (Å²) in [6.07, 6.45) is 2.02. The van der Waals surface area contributed by atoms with Crippen molar-refractivity contribution in [3.8, 4) is 11.1 Å². The van der Waals surface area contributed by atoms with Crippen LogP contribution < -0.4 is 26.6 Å². The highest BCUT2D eigenvalue weighted by atomic mass is 32.2. The first-order valence-corrected chi connectivity index (χ1v) is 15.2. The Hall–Kier alpha value is -3.47. The van der Waals surface area contributed by atoms with Gasteiger partial charge in [-0.05, 0) is 60.6 Å². The molecule has 1 aliphatic heterocycles. The maximum Gasteiger partial charge on any atom is 0.314 e. The van der Waals surface area contributed by atoms with Gasteiger partial charge in [0.15, 0.2) is 0 Å².